The van der Waals surface area contributed by atoms with Gasteiger partial charge in [-0.3, -0.25) is 14.4 Å². The van der Waals surface area contributed by atoms with Crippen molar-refractivity contribution in [1.29, 1.82) is 0 Å². The molecule has 0 saturated carbocycles. The van der Waals surface area contributed by atoms with Crippen molar-refractivity contribution in [3.63, 3.8) is 0 Å². The molecule has 0 aliphatic carbocycles. The molecule has 0 aromatic rings. The van der Waals surface area contributed by atoms with E-state index in [-0.39, 0.29) is 38.0 Å². The number of esters is 3. The second kappa shape index (κ2) is 57.3. The Morgan fingerprint density at radius 2 is 0.563 bits per heavy atom. The summed E-state index contributed by atoms with van der Waals surface area (Å²) in [4.78, 5) is 38.1. The molecule has 0 N–H and O–H groups in total. The molecular formula is C65H98O6. The zero-order valence-electron chi connectivity index (χ0n) is 44.9. The van der Waals surface area contributed by atoms with Gasteiger partial charge in [-0.25, -0.2) is 0 Å². The summed E-state index contributed by atoms with van der Waals surface area (Å²) in [7, 11) is 0. The third kappa shape index (κ3) is 55.6. The molecule has 394 valence electrons. The predicted molar refractivity (Wildman–Crippen MR) is 306 cm³/mol. The van der Waals surface area contributed by atoms with Gasteiger partial charge in [0.2, 0.25) is 0 Å². The van der Waals surface area contributed by atoms with E-state index in [9.17, 15) is 14.4 Å². The van der Waals surface area contributed by atoms with E-state index in [4.69, 9.17) is 14.2 Å². The number of hydrogen-bond acceptors (Lipinski definition) is 6. The number of carbonyl (C=O) groups excluding carboxylic acids is 3. The van der Waals surface area contributed by atoms with E-state index in [2.05, 4.69) is 179 Å². The molecule has 0 heterocycles. The molecule has 1 unspecified atom stereocenters. The van der Waals surface area contributed by atoms with Crippen molar-refractivity contribution in [2.45, 2.75) is 207 Å². The minimum Gasteiger partial charge on any atom is -0.462 e. The van der Waals surface area contributed by atoms with Crippen molar-refractivity contribution in [1.82, 2.24) is 0 Å². The third-order valence-corrected chi connectivity index (χ3v) is 10.7. The van der Waals surface area contributed by atoms with E-state index < -0.39 is 12.1 Å². The van der Waals surface area contributed by atoms with Gasteiger partial charge < -0.3 is 14.2 Å². The minimum absolute atomic E-state index is 0.108. The van der Waals surface area contributed by atoms with Crippen LogP contribution in [-0.2, 0) is 28.6 Å². The standard InChI is InChI=1S/C65H98O6/c1-4-7-10-13-16-19-22-25-28-30-31-32-33-35-37-40-43-46-49-52-55-58-64(67)70-61-62(60-69-63(66)57-54-51-48-45-42-39-36-27-24-21-18-15-12-9-6-3)71-65(68)59-56-53-50-47-44-41-38-34-29-26-23-20-17-14-11-8-5-2/h7-12,16-21,25-29,31-32,35-38,41-42,45,51,54,62H,4-6,13-15,22-24,30,33-34,39-40,43-44,46-50,52-53,55-61H2,1-3H3/b10-7-,11-8-,12-9-,19-16-,20-17-,21-18-,28-25-,29-26-,32-31-,36-27-,37-35-,41-38-,45-42-,54-51-. The van der Waals surface area contributed by atoms with Crippen LogP contribution in [0.3, 0.4) is 0 Å². The van der Waals surface area contributed by atoms with Gasteiger partial charge in [-0.15, -0.1) is 0 Å². The maximum absolute atomic E-state index is 12.8. The first kappa shape index (κ1) is 65.8. The fraction of sp³-hybridized carbons (Fsp3) is 0.523. The summed E-state index contributed by atoms with van der Waals surface area (Å²) in [6.45, 7) is 6.14. The molecule has 0 saturated heterocycles. The van der Waals surface area contributed by atoms with Gasteiger partial charge in [0.25, 0.3) is 0 Å². The second-order valence-electron chi connectivity index (χ2n) is 17.4. The van der Waals surface area contributed by atoms with Crippen LogP contribution in [0.4, 0.5) is 0 Å². The summed E-state index contributed by atoms with van der Waals surface area (Å²) >= 11 is 0. The maximum Gasteiger partial charge on any atom is 0.309 e. The molecule has 0 aromatic carbocycles. The molecule has 0 aliphatic rings. The molecule has 0 rings (SSSR count). The Hall–Kier alpha value is -5.23. The molecular weight excluding hydrogens is 877 g/mol. The SMILES string of the molecule is CC/C=C\C/C=C\C/C=C\C/C=C\C/C=C\CCCCCCCC(=O)OCC(COC(=O)C/C=C\C/C=C\C/C=C\C/C=C\C/C=C\CC)OC(=O)CCCCCC/C=C\C/C=C\C/C=C\C/C=C\CC. The molecule has 0 aliphatic heterocycles. The van der Waals surface area contributed by atoms with Crippen LogP contribution in [-0.4, -0.2) is 37.2 Å². The van der Waals surface area contributed by atoms with Gasteiger partial charge in [0.15, 0.2) is 6.10 Å². The maximum atomic E-state index is 12.8. The highest BCUT2D eigenvalue weighted by Crippen LogP contribution is 2.12. The van der Waals surface area contributed by atoms with E-state index in [1.54, 1.807) is 6.08 Å². The summed E-state index contributed by atoms with van der Waals surface area (Å²) in [6, 6.07) is 0. The molecule has 6 heteroatoms. The van der Waals surface area contributed by atoms with E-state index >= 15 is 0 Å². The number of rotatable bonds is 47. The van der Waals surface area contributed by atoms with Gasteiger partial charge >= 0.3 is 17.9 Å². The lowest BCUT2D eigenvalue weighted by molar-refractivity contribution is -0.166. The van der Waals surface area contributed by atoms with Gasteiger partial charge in [-0.2, -0.15) is 0 Å². The third-order valence-electron chi connectivity index (χ3n) is 10.7. The molecule has 0 radical (unpaired) electrons. The van der Waals surface area contributed by atoms with Crippen molar-refractivity contribution in [3.05, 3.63) is 170 Å². The van der Waals surface area contributed by atoms with Crippen LogP contribution in [0.25, 0.3) is 0 Å². The fourth-order valence-electron chi connectivity index (χ4n) is 6.71. The Labute approximate surface area is 434 Å². The van der Waals surface area contributed by atoms with Gasteiger partial charge in [0.05, 0.1) is 6.42 Å². The highest BCUT2D eigenvalue weighted by Gasteiger charge is 2.19. The minimum atomic E-state index is -0.849. The van der Waals surface area contributed by atoms with Gasteiger partial charge in [-0.05, 0) is 128 Å². The number of unbranched alkanes of at least 4 members (excludes halogenated alkanes) is 9. The quantitative estimate of drug-likeness (QED) is 0.0262. The summed E-state index contributed by atoms with van der Waals surface area (Å²) < 4.78 is 16.7. The lowest BCUT2D eigenvalue weighted by Crippen LogP contribution is -2.30. The summed E-state index contributed by atoms with van der Waals surface area (Å²) in [6.07, 6.45) is 85.0. The summed E-state index contributed by atoms with van der Waals surface area (Å²) in [5, 5.41) is 0. The predicted octanol–water partition coefficient (Wildman–Crippen LogP) is 18.8. The van der Waals surface area contributed by atoms with Gasteiger partial charge in [0, 0.05) is 12.8 Å². The monoisotopic (exact) mass is 975 g/mol. The Bertz CT molecular complexity index is 1690. The molecule has 1 atom stereocenters. The van der Waals surface area contributed by atoms with E-state index in [1.807, 2.05) is 6.08 Å². The largest absolute Gasteiger partial charge is 0.462 e. The van der Waals surface area contributed by atoms with Crippen molar-refractivity contribution in [3.8, 4) is 0 Å². The zero-order chi connectivity index (χ0) is 51.4. The van der Waals surface area contributed by atoms with Crippen LogP contribution in [0.15, 0.2) is 170 Å². The number of allylic oxidation sites excluding steroid dienone is 27. The molecule has 0 fully saturated rings. The van der Waals surface area contributed by atoms with E-state index in [0.29, 0.717) is 12.8 Å². The number of carbonyl (C=O) groups is 3. The number of ether oxygens (including phenoxy) is 3. The molecule has 6 nitrogen and oxygen atoms in total. The van der Waals surface area contributed by atoms with E-state index in [1.165, 1.54) is 0 Å². The molecule has 71 heavy (non-hydrogen) atoms. The molecule has 0 amide bonds. The highest BCUT2D eigenvalue weighted by molar-refractivity contribution is 5.72. The van der Waals surface area contributed by atoms with Crippen LogP contribution in [0.1, 0.15) is 201 Å². The Balaban J connectivity index is 4.60. The Morgan fingerprint density at radius 3 is 0.915 bits per heavy atom. The summed E-state index contributed by atoms with van der Waals surface area (Å²) in [5.74, 6) is -1.12. The molecule has 0 bridgehead atoms. The lowest BCUT2D eigenvalue weighted by Gasteiger charge is -2.18. The van der Waals surface area contributed by atoms with Crippen molar-refractivity contribution in [2.75, 3.05) is 13.2 Å². The first-order chi connectivity index (χ1) is 35.0. The Kier molecular flexibility index (Phi) is 53.1. The lowest BCUT2D eigenvalue weighted by atomic mass is 10.1. The fourth-order valence-corrected chi connectivity index (χ4v) is 6.71. The van der Waals surface area contributed by atoms with Crippen molar-refractivity contribution < 1.29 is 28.6 Å². The van der Waals surface area contributed by atoms with Crippen LogP contribution < -0.4 is 0 Å². The normalized spacial score (nSPS) is 13.5. The first-order valence-electron chi connectivity index (χ1n) is 27.6. The van der Waals surface area contributed by atoms with E-state index in [0.717, 1.165) is 154 Å². The second-order valence-corrected chi connectivity index (χ2v) is 17.4. The summed E-state index contributed by atoms with van der Waals surface area (Å²) in [5.41, 5.74) is 0. The van der Waals surface area contributed by atoms with Crippen LogP contribution in [0.2, 0.25) is 0 Å². The van der Waals surface area contributed by atoms with Gasteiger partial charge in [0.1, 0.15) is 13.2 Å². The van der Waals surface area contributed by atoms with Crippen molar-refractivity contribution >= 4 is 17.9 Å². The Morgan fingerprint density at radius 1 is 0.296 bits per heavy atom. The smallest absolute Gasteiger partial charge is 0.309 e. The average Bonchev–Trinajstić information content (AvgIpc) is 3.37. The molecule has 0 aromatic heterocycles. The number of hydrogen-bond donors (Lipinski definition) is 0. The van der Waals surface area contributed by atoms with Crippen LogP contribution in [0.5, 0.6) is 0 Å². The van der Waals surface area contributed by atoms with Crippen molar-refractivity contribution in [2.24, 2.45) is 0 Å². The van der Waals surface area contributed by atoms with Crippen LogP contribution in [0, 0.1) is 0 Å². The highest BCUT2D eigenvalue weighted by atomic mass is 16.6. The van der Waals surface area contributed by atoms with Crippen LogP contribution >= 0.6 is 0 Å². The first-order valence-corrected chi connectivity index (χ1v) is 27.6. The molecule has 0 spiro atoms. The zero-order valence-corrected chi connectivity index (χ0v) is 44.9. The topological polar surface area (TPSA) is 78.9 Å². The average molecular weight is 975 g/mol. The van der Waals surface area contributed by atoms with Gasteiger partial charge in [-0.1, -0.05) is 223 Å².